The van der Waals surface area contributed by atoms with Crippen LogP contribution in [0, 0.1) is 6.92 Å². The molecular weight excluding hydrogens is 819 g/mol. The van der Waals surface area contributed by atoms with Crippen LogP contribution < -0.4 is 0 Å². The van der Waals surface area contributed by atoms with Crippen molar-refractivity contribution in [1.29, 1.82) is 0 Å². The van der Waals surface area contributed by atoms with Gasteiger partial charge < -0.3 is 23.1 Å². The van der Waals surface area contributed by atoms with Crippen LogP contribution in [-0.2, 0) is 23.1 Å². The summed E-state index contributed by atoms with van der Waals surface area (Å²) in [5.41, 5.74) is 3.25. The van der Waals surface area contributed by atoms with Gasteiger partial charge in [-0.3, -0.25) is 0 Å². The summed E-state index contributed by atoms with van der Waals surface area (Å²) >= 11 is 0. The molecule has 3 aromatic carbocycles. The van der Waals surface area contributed by atoms with Crippen molar-refractivity contribution in [2.45, 2.75) is 147 Å². The van der Waals surface area contributed by atoms with Crippen LogP contribution in [0.25, 0.3) is 0 Å². The molecule has 7 nitrogen and oxygen atoms in total. The number of ether oxygens (including phenoxy) is 3. The molecule has 338 valence electrons. The van der Waals surface area contributed by atoms with Crippen molar-refractivity contribution in [3.05, 3.63) is 144 Å². The first-order valence-corrected chi connectivity index (χ1v) is 27.5. The lowest BCUT2D eigenvalue weighted by Gasteiger charge is -2.42. The second-order valence-corrected chi connectivity index (χ2v) is 29.2. The monoisotopic (exact) mass is 888 g/mol. The van der Waals surface area contributed by atoms with Crippen LogP contribution in [0.5, 0.6) is 0 Å². The molecular formula is C51H70F2O7Si2. The lowest BCUT2D eigenvalue weighted by atomic mass is 9.80. The average Bonchev–Trinajstić information content (AvgIpc) is 3.90. The third-order valence-electron chi connectivity index (χ3n) is 12.9. The van der Waals surface area contributed by atoms with Crippen molar-refractivity contribution in [2.75, 3.05) is 13.2 Å². The Morgan fingerprint density at radius 2 is 1.18 bits per heavy atom. The van der Waals surface area contributed by atoms with Crippen LogP contribution >= 0.6 is 0 Å². The van der Waals surface area contributed by atoms with Gasteiger partial charge >= 0.3 is 11.9 Å². The maximum atomic E-state index is 14.7. The number of allylic oxidation sites excluding steroid dienone is 1. The van der Waals surface area contributed by atoms with E-state index in [0.29, 0.717) is 48.0 Å². The molecule has 1 heterocycles. The fraction of sp³-hybridized carbons (Fsp3) is 0.490. The van der Waals surface area contributed by atoms with Gasteiger partial charge in [0.25, 0.3) is 0 Å². The number of aryl methyl sites for hydroxylation is 1. The first-order chi connectivity index (χ1) is 28.9. The van der Waals surface area contributed by atoms with E-state index in [4.69, 9.17) is 23.1 Å². The molecule has 3 aromatic rings. The topological polar surface area (TPSA) is 83.6 Å². The van der Waals surface area contributed by atoms with Crippen molar-refractivity contribution >= 4 is 28.6 Å². The zero-order chi connectivity index (χ0) is 46.1. The van der Waals surface area contributed by atoms with E-state index < -0.39 is 40.5 Å². The predicted molar refractivity (Wildman–Crippen MR) is 251 cm³/mol. The lowest BCUT2D eigenvalue weighted by molar-refractivity contribution is 0.0475. The van der Waals surface area contributed by atoms with E-state index in [0.717, 1.165) is 5.57 Å². The Morgan fingerprint density at radius 1 is 0.726 bits per heavy atom. The zero-order valence-electron chi connectivity index (χ0n) is 38.9. The van der Waals surface area contributed by atoms with Crippen LogP contribution in [0.15, 0.2) is 127 Å². The van der Waals surface area contributed by atoms with E-state index in [1.54, 1.807) is 54.6 Å². The van der Waals surface area contributed by atoms with Gasteiger partial charge in [-0.1, -0.05) is 127 Å². The summed E-state index contributed by atoms with van der Waals surface area (Å²) in [4.78, 5) is 24.2. The number of carbonyl (C=O) groups excluding carboxylic acids is 2. The van der Waals surface area contributed by atoms with Crippen LogP contribution in [0.3, 0.4) is 0 Å². The SMILES string of the molecule is C=C1/C(=C\COC(=O)c2ccccc2)CC(O[Si](C)(C)C(C)(C)C)C[C@@H]1F.C=C1[C@@H](F)CC(O[Si](C)(C)C(C)(C)C)CC12OC2COC(=O)c1ccccc1.Cc1ccccc1. The fourth-order valence-corrected chi connectivity index (χ4v) is 9.61. The normalized spacial score (nSPS) is 24.6. The van der Waals surface area contributed by atoms with Gasteiger partial charge in [-0.15, -0.1) is 0 Å². The van der Waals surface area contributed by atoms with Crippen LogP contribution in [-0.4, -0.2) is 78.0 Å². The third kappa shape index (κ3) is 13.7. The molecule has 1 saturated heterocycles. The number of hydrogen-bond acceptors (Lipinski definition) is 7. The molecule has 4 unspecified atom stereocenters. The van der Waals surface area contributed by atoms with Gasteiger partial charge in [0.2, 0.25) is 0 Å². The maximum Gasteiger partial charge on any atom is 0.338 e. The van der Waals surface area contributed by atoms with Crippen molar-refractivity contribution < 1.29 is 41.4 Å². The number of benzene rings is 3. The van der Waals surface area contributed by atoms with Gasteiger partial charge in [0.1, 0.15) is 37.3 Å². The first kappa shape index (κ1) is 50.6. The minimum Gasteiger partial charge on any atom is -0.459 e. The molecule has 0 bridgehead atoms. The number of alkyl halides is 2. The summed E-state index contributed by atoms with van der Waals surface area (Å²) in [5.74, 6) is -0.793. The quantitative estimate of drug-likeness (QED) is 0.0868. The van der Waals surface area contributed by atoms with Gasteiger partial charge in [0, 0.05) is 19.3 Å². The van der Waals surface area contributed by atoms with E-state index in [2.05, 4.69) is 99.9 Å². The van der Waals surface area contributed by atoms with Gasteiger partial charge in [-0.25, -0.2) is 18.4 Å². The molecule has 0 amide bonds. The number of esters is 2. The third-order valence-corrected chi connectivity index (χ3v) is 21.9. The van der Waals surface area contributed by atoms with Crippen molar-refractivity contribution in [3.63, 3.8) is 0 Å². The van der Waals surface area contributed by atoms with Crippen molar-refractivity contribution in [3.8, 4) is 0 Å². The van der Waals surface area contributed by atoms with E-state index in [-0.39, 0.29) is 47.6 Å². The molecule has 3 fully saturated rings. The van der Waals surface area contributed by atoms with E-state index in [1.165, 1.54) is 5.56 Å². The molecule has 2 aliphatic carbocycles. The number of epoxide rings is 1. The number of hydrogen-bond donors (Lipinski definition) is 0. The summed E-state index contributed by atoms with van der Waals surface area (Å²) < 4.78 is 58.6. The molecule has 0 N–H and O–H groups in total. The summed E-state index contributed by atoms with van der Waals surface area (Å²) in [6, 6.07) is 27.9. The first-order valence-electron chi connectivity index (χ1n) is 21.7. The Labute approximate surface area is 372 Å². The number of carbonyl (C=O) groups is 2. The molecule has 62 heavy (non-hydrogen) atoms. The second kappa shape index (κ2) is 21.1. The molecule has 6 atom stereocenters. The average molecular weight is 889 g/mol. The van der Waals surface area contributed by atoms with Gasteiger partial charge in [0.15, 0.2) is 16.6 Å². The second-order valence-electron chi connectivity index (χ2n) is 19.7. The Bertz CT molecular complexity index is 1990. The van der Waals surface area contributed by atoms with Crippen molar-refractivity contribution in [1.82, 2.24) is 0 Å². The smallest absolute Gasteiger partial charge is 0.338 e. The highest BCUT2D eigenvalue weighted by Crippen LogP contribution is 2.53. The summed E-state index contributed by atoms with van der Waals surface area (Å²) in [6.07, 6.45) is 0.551. The predicted octanol–water partition coefficient (Wildman–Crippen LogP) is 12.9. The lowest BCUT2D eigenvalue weighted by Crippen LogP contribution is -2.48. The molecule has 0 radical (unpaired) electrons. The number of halogens is 2. The van der Waals surface area contributed by atoms with E-state index >= 15 is 0 Å². The largest absolute Gasteiger partial charge is 0.459 e. The molecule has 3 aliphatic rings. The van der Waals surface area contributed by atoms with Crippen molar-refractivity contribution in [2.24, 2.45) is 0 Å². The Kier molecular flexibility index (Phi) is 17.2. The summed E-state index contributed by atoms with van der Waals surface area (Å²) in [5, 5.41) is 0.123. The van der Waals surface area contributed by atoms with E-state index in [1.807, 2.05) is 30.3 Å². The number of rotatable bonds is 10. The molecule has 1 spiro atoms. The summed E-state index contributed by atoms with van der Waals surface area (Å²) in [7, 11) is -3.99. The van der Waals surface area contributed by atoms with Crippen LogP contribution in [0.2, 0.25) is 36.3 Å². The minimum absolute atomic E-state index is 0.0510. The van der Waals surface area contributed by atoms with E-state index in [9.17, 15) is 18.4 Å². The van der Waals surface area contributed by atoms with Crippen LogP contribution in [0.4, 0.5) is 8.78 Å². The van der Waals surface area contributed by atoms with Crippen LogP contribution in [0.1, 0.15) is 93.5 Å². The van der Waals surface area contributed by atoms with Gasteiger partial charge in [0.05, 0.1) is 23.3 Å². The minimum atomic E-state index is -2.02. The standard InChI is InChI=1S/C22H31FO4Si.C22H31FO3Si.C7H8/c1-15-18(23)12-17(27-28(5,6)21(2,3)4)13-22(15)19(26-22)14-25-20(24)16-10-8-7-9-11-16;1-16-18(12-13-25-21(24)17-10-8-7-9-11-17)14-19(15-20(16)23)26-27(5,6)22(2,3)4;1-7-5-3-2-4-6-7/h7-11,17-19H,1,12-14H2,2-6H3;7-12,19-20H,1,13-15H2,2-6H3;2-6H,1H3/b;18-12-;/t17?,18-,19?,22?;19?,20-;/m00./s1. The summed E-state index contributed by atoms with van der Waals surface area (Å²) in [6.45, 7) is 31.8. The molecule has 11 heteroatoms. The Morgan fingerprint density at radius 3 is 1.65 bits per heavy atom. The Balaban J connectivity index is 0.000000235. The molecule has 6 rings (SSSR count). The fourth-order valence-electron chi connectivity index (χ4n) is 6.87. The highest BCUT2D eigenvalue weighted by atomic mass is 28.4. The maximum absolute atomic E-state index is 14.7. The molecule has 1 aliphatic heterocycles. The van der Waals surface area contributed by atoms with Gasteiger partial charge in [-0.05, 0) is 96.7 Å². The molecule has 0 aromatic heterocycles. The van der Waals surface area contributed by atoms with Gasteiger partial charge in [-0.2, -0.15) is 0 Å². The highest BCUT2D eigenvalue weighted by Gasteiger charge is 2.64. The Hall–Kier alpha value is -4.01. The molecule has 2 saturated carbocycles. The highest BCUT2D eigenvalue weighted by molar-refractivity contribution is 6.74. The zero-order valence-corrected chi connectivity index (χ0v) is 40.9.